The van der Waals surface area contributed by atoms with Crippen LogP contribution in [0.25, 0.3) is 0 Å². The van der Waals surface area contributed by atoms with Gasteiger partial charge in [0.05, 0.1) is 17.9 Å². The molecule has 2 aromatic rings. The third kappa shape index (κ3) is 6.22. The van der Waals surface area contributed by atoms with E-state index in [2.05, 4.69) is 10.6 Å². The molecule has 1 unspecified atom stereocenters. The Bertz CT molecular complexity index is 755. The molecule has 0 saturated carbocycles. The van der Waals surface area contributed by atoms with Crippen LogP contribution in [0.2, 0.25) is 0 Å². The molecule has 0 aliphatic heterocycles. The Hall–Kier alpha value is -2.28. The zero-order valence-corrected chi connectivity index (χ0v) is 16.5. The third-order valence-electron chi connectivity index (χ3n) is 3.33. The van der Waals surface area contributed by atoms with Crippen LogP contribution in [0.1, 0.15) is 32.6 Å². The lowest BCUT2D eigenvalue weighted by atomic mass is 10.2. The van der Waals surface area contributed by atoms with Crippen LogP contribution in [0.4, 0.5) is 20.6 Å². The molecular formula is C19H25FN2O3S. The summed E-state index contributed by atoms with van der Waals surface area (Å²) in [6.07, 6.45) is -0.882. The predicted molar refractivity (Wildman–Crippen MR) is 103 cm³/mol. The number of alkyl carbamates (subject to hydrolysis) is 1. The van der Waals surface area contributed by atoms with Crippen LogP contribution >= 0.6 is 11.3 Å². The van der Waals surface area contributed by atoms with Crippen molar-refractivity contribution in [3.8, 4) is 5.75 Å². The molecule has 1 heterocycles. The Morgan fingerprint density at radius 3 is 2.62 bits per heavy atom. The van der Waals surface area contributed by atoms with Gasteiger partial charge in [-0.3, -0.25) is 0 Å². The molecule has 2 rings (SSSR count). The number of thiophene rings is 1. The number of hydrogen-bond acceptors (Lipinski definition) is 5. The van der Waals surface area contributed by atoms with Gasteiger partial charge in [0, 0.05) is 10.9 Å². The first-order chi connectivity index (χ1) is 12.1. The van der Waals surface area contributed by atoms with Crippen molar-refractivity contribution in [2.45, 2.75) is 46.3 Å². The zero-order valence-electron chi connectivity index (χ0n) is 15.7. The third-order valence-corrected chi connectivity index (χ3v) is 4.18. The summed E-state index contributed by atoms with van der Waals surface area (Å²) in [5, 5.41) is 7.89. The SMILES string of the molecule is Cc1sccc1Nc1ccc(F)cc1OC(C)CNC(=O)OC(C)(C)C. The van der Waals surface area contributed by atoms with Gasteiger partial charge in [-0.25, -0.2) is 9.18 Å². The number of hydrogen-bond donors (Lipinski definition) is 2. The maximum Gasteiger partial charge on any atom is 0.407 e. The molecule has 1 aromatic carbocycles. The summed E-state index contributed by atoms with van der Waals surface area (Å²) >= 11 is 1.62. The van der Waals surface area contributed by atoms with Crippen molar-refractivity contribution in [1.29, 1.82) is 0 Å². The second-order valence-electron chi connectivity index (χ2n) is 6.97. The zero-order chi connectivity index (χ0) is 19.3. The van der Waals surface area contributed by atoms with E-state index in [-0.39, 0.29) is 18.5 Å². The van der Waals surface area contributed by atoms with Gasteiger partial charge >= 0.3 is 6.09 Å². The number of halogens is 1. The molecule has 0 aliphatic carbocycles. The largest absolute Gasteiger partial charge is 0.487 e. The second-order valence-corrected chi connectivity index (χ2v) is 8.09. The number of carbonyl (C=O) groups is 1. The Morgan fingerprint density at radius 2 is 2.00 bits per heavy atom. The number of amides is 1. The molecule has 7 heteroatoms. The van der Waals surface area contributed by atoms with Crippen molar-refractivity contribution in [2.75, 3.05) is 11.9 Å². The molecule has 0 radical (unpaired) electrons. The van der Waals surface area contributed by atoms with Crippen molar-refractivity contribution < 1.29 is 18.7 Å². The number of nitrogens with one attached hydrogen (secondary N) is 2. The highest BCUT2D eigenvalue weighted by atomic mass is 32.1. The monoisotopic (exact) mass is 380 g/mol. The van der Waals surface area contributed by atoms with E-state index in [1.807, 2.05) is 18.4 Å². The first-order valence-corrected chi connectivity index (χ1v) is 9.26. The number of benzene rings is 1. The van der Waals surface area contributed by atoms with E-state index in [0.717, 1.165) is 10.6 Å². The smallest absolute Gasteiger partial charge is 0.407 e. The van der Waals surface area contributed by atoms with Gasteiger partial charge in [0.2, 0.25) is 0 Å². The van der Waals surface area contributed by atoms with Crippen molar-refractivity contribution in [1.82, 2.24) is 5.32 Å². The summed E-state index contributed by atoms with van der Waals surface area (Å²) in [4.78, 5) is 12.9. The lowest BCUT2D eigenvalue weighted by Crippen LogP contribution is -2.37. The Balaban J connectivity index is 2.00. The van der Waals surface area contributed by atoms with Gasteiger partial charge in [-0.2, -0.15) is 0 Å². The van der Waals surface area contributed by atoms with Crippen molar-refractivity contribution in [3.63, 3.8) is 0 Å². The molecule has 26 heavy (non-hydrogen) atoms. The standard InChI is InChI=1S/C19H25FN2O3S/c1-12(11-21-18(23)25-19(3,4)5)24-17-10-14(20)6-7-16(17)22-15-8-9-26-13(15)2/h6-10,12,22H,11H2,1-5H3,(H,21,23). The van der Waals surface area contributed by atoms with Gasteiger partial charge in [0.15, 0.2) is 0 Å². The summed E-state index contributed by atoms with van der Waals surface area (Å²) < 4.78 is 24.7. The number of aryl methyl sites for hydroxylation is 1. The molecule has 2 N–H and O–H groups in total. The molecule has 0 aliphatic rings. The van der Waals surface area contributed by atoms with Gasteiger partial charge in [-0.15, -0.1) is 11.3 Å². The molecule has 0 fully saturated rings. The summed E-state index contributed by atoms with van der Waals surface area (Å²) in [6, 6.07) is 6.30. The molecule has 142 valence electrons. The van der Waals surface area contributed by atoms with Crippen LogP contribution < -0.4 is 15.4 Å². The van der Waals surface area contributed by atoms with E-state index >= 15 is 0 Å². The number of anilines is 2. The van der Waals surface area contributed by atoms with Gasteiger partial charge in [-0.1, -0.05) is 0 Å². The molecule has 1 atom stereocenters. The summed E-state index contributed by atoms with van der Waals surface area (Å²) in [5.74, 6) is -0.00557. The minimum absolute atomic E-state index is 0.238. The van der Waals surface area contributed by atoms with E-state index in [4.69, 9.17) is 9.47 Å². The molecule has 1 amide bonds. The van der Waals surface area contributed by atoms with Crippen LogP contribution in [0.15, 0.2) is 29.6 Å². The Morgan fingerprint density at radius 1 is 1.27 bits per heavy atom. The van der Waals surface area contributed by atoms with E-state index in [9.17, 15) is 9.18 Å². The van der Waals surface area contributed by atoms with Crippen molar-refractivity contribution >= 4 is 28.8 Å². The summed E-state index contributed by atoms with van der Waals surface area (Å²) in [6.45, 7) is 9.42. The van der Waals surface area contributed by atoms with E-state index in [0.29, 0.717) is 11.4 Å². The van der Waals surface area contributed by atoms with Crippen LogP contribution in [-0.2, 0) is 4.74 Å². The highest BCUT2D eigenvalue weighted by molar-refractivity contribution is 7.10. The fraction of sp³-hybridized carbons (Fsp3) is 0.421. The van der Waals surface area contributed by atoms with Crippen LogP contribution in [0.5, 0.6) is 5.75 Å². The van der Waals surface area contributed by atoms with Crippen LogP contribution in [0.3, 0.4) is 0 Å². The second kappa shape index (κ2) is 8.40. The van der Waals surface area contributed by atoms with Gasteiger partial charge in [0.1, 0.15) is 23.3 Å². The van der Waals surface area contributed by atoms with E-state index in [1.165, 1.54) is 12.1 Å². The lowest BCUT2D eigenvalue weighted by Gasteiger charge is -2.22. The van der Waals surface area contributed by atoms with E-state index in [1.54, 1.807) is 45.1 Å². The van der Waals surface area contributed by atoms with Crippen molar-refractivity contribution in [2.24, 2.45) is 0 Å². The Labute approximate surface area is 157 Å². The topological polar surface area (TPSA) is 59.6 Å². The Kier molecular flexibility index (Phi) is 6.47. The maximum atomic E-state index is 13.7. The van der Waals surface area contributed by atoms with Crippen LogP contribution in [-0.4, -0.2) is 24.3 Å². The average molecular weight is 380 g/mol. The molecule has 5 nitrogen and oxygen atoms in total. The minimum atomic E-state index is -0.563. The average Bonchev–Trinajstić information content (AvgIpc) is 2.91. The predicted octanol–water partition coefficient (Wildman–Crippen LogP) is 5.23. The first-order valence-electron chi connectivity index (χ1n) is 8.38. The first kappa shape index (κ1) is 20.0. The summed E-state index contributed by atoms with van der Waals surface area (Å²) in [7, 11) is 0. The minimum Gasteiger partial charge on any atom is -0.487 e. The molecular weight excluding hydrogens is 355 g/mol. The molecule has 0 bridgehead atoms. The highest BCUT2D eigenvalue weighted by Gasteiger charge is 2.17. The van der Waals surface area contributed by atoms with E-state index < -0.39 is 11.7 Å². The molecule has 1 aromatic heterocycles. The van der Waals surface area contributed by atoms with Crippen LogP contribution in [0, 0.1) is 12.7 Å². The fourth-order valence-corrected chi connectivity index (χ4v) is 2.81. The normalized spacial score (nSPS) is 12.4. The van der Waals surface area contributed by atoms with Gasteiger partial charge < -0.3 is 20.1 Å². The van der Waals surface area contributed by atoms with Crippen molar-refractivity contribution in [3.05, 3.63) is 40.3 Å². The fourth-order valence-electron chi connectivity index (χ4n) is 2.16. The van der Waals surface area contributed by atoms with Gasteiger partial charge in [-0.05, 0) is 58.2 Å². The lowest BCUT2D eigenvalue weighted by molar-refractivity contribution is 0.0505. The number of rotatable bonds is 6. The molecule has 0 saturated heterocycles. The number of carbonyl (C=O) groups excluding carboxylic acids is 1. The highest BCUT2D eigenvalue weighted by Crippen LogP contribution is 2.32. The molecule has 0 spiro atoms. The maximum absolute atomic E-state index is 13.7. The summed E-state index contributed by atoms with van der Waals surface area (Å²) in [5.41, 5.74) is 1.05. The number of ether oxygens (including phenoxy) is 2. The quantitative estimate of drug-likeness (QED) is 0.720. The van der Waals surface area contributed by atoms with Gasteiger partial charge in [0.25, 0.3) is 0 Å².